The summed E-state index contributed by atoms with van der Waals surface area (Å²) in [4.78, 5) is 0. The third kappa shape index (κ3) is 5.83. The molecule has 0 amide bonds. The van der Waals surface area contributed by atoms with Crippen LogP contribution in [-0.4, -0.2) is 20.3 Å². The van der Waals surface area contributed by atoms with E-state index in [1.807, 2.05) is 12.1 Å². The van der Waals surface area contributed by atoms with Crippen molar-refractivity contribution in [2.75, 3.05) is 20.3 Å². The van der Waals surface area contributed by atoms with Crippen molar-refractivity contribution in [1.29, 1.82) is 0 Å². The van der Waals surface area contributed by atoms with Crippen molar-refractivity contribution in [3.8, 4) is 0 Å². The van der Waals surface area contributed by atoms with Crippen LogP contribution in [0, 0.1) is 5.82 Å². The van der Waals surface area contributed by atoms with E-state index in [1.54, 1.807) is 7.11 Å². The Balaban J connectivity index is 2.01. The summed E-state index contributed by atoms with van der Waals surface area (Å²) in [6.45, 7) is 2.66. The van der Waals surface area contributed by atoms with Gasteiger partial charge < -0.3 is 10.1 Å². The van der Waals surface area contributed by atoms with Crippen LogP contribution in [0.5, 0.6) is 0 Å². The third-order valence-electron chi connectivity index (χ3n) is 2.44. The van der Waals surface area contributed by atoms with Gasteiger partial charge in [0.15, 0.2) is 0 Å². The molecule has 0 radical (unpaired) electrons. The molecule has 16 heavy (non-hydrogen) atoms. The first-order valence-corrected chi connectivity index (χ1v) is 5.77. The Morgan fingerprint density at radius 3 is 2.56 bits per heavy atom. The Bertz CT molecular complexity index is 274. The molecule has 1 aromatic carbocycles. The standard InChI is InChI=1S/C13H20FNO/c1-16-10-4-2-3-9-15-11-12-5-7-13(14)8-6-12/h5-8,15H,2-4,9-11H2,1H3. The third-order valence-corrected chi connectivity index (χ3v) is 2.44. The molecule has 90 valence electrons. The van der Waals surface area contributed by atoms with Gasteiger partial charge in [-0.3, -0.25) is 0 Å². The molecule has 1 aromatic rings. The Kier molecular flexibility index (Phi) is 6.77. The number of ether oxygens (including phenoxy) is 1. The van der Waals surface area contributed by atoms with Crippen molar-refractivity contribution >= 4 is 0 Å². The lowest BCUT2D eigenvalue weighted by Crippen LogP contribution is -2.14. The number of hydrogen-bond acceptors (Lipinski definition) is 2. The summed E-state index contributed by atoms with van der Waals surface area (Å²) < 4.78 is 17.6. The number of unbranched alkanes of at least 4 members (excludes halogenated alkanes) is 2. The summed E-state index contributed by atoms with van der Waals surface area (Å²) in [5.41, 5.74) is 1.12. The molecule has 1 rings (SSSR count). The highest BCUT2D eigenvalue weighted by molar-refractivity contribution is 5.15. The van der Waals surface area contributed by atoms with Crippen molar-refractivity contribution in [3.05, 3.63) is 35.6 Å². The summed E-state index contributed by atoms with van der Waals surface area (Å²) in [7, 11) is 1.73. The number of benzene rings is 1. The molecule has 2 nitrogen and oxygen atoms in total. The first-order valence-electron chi connectivity index (χ1n) is 5.77. The highest BCUT2D eigenvalue weighted by Gasteiger charge is 1.93. The van der Waals surface area contributed by atoms with Gasteiger partial charge in [-0.25, -0.2) is 4.39 Å². The molecule has 0 heterocycles. The lowest BCUT2D eigenvalue weighted by Gasteiger charge is -2.04. The molecule has 1 N–H and O–H groups in total. The quantitative estimate of drug-likeness (QED) is 0.687. The molecule has 0 fully saturated rings. The van der Waals surface area contributed by atoms with Gasteiger partial charge in [0, 0.05) is 20.3 Å². The van der Waals surface area contributed by atoms with Gasteiger partial charge in [0.1, 0.15) is 5.82 Å². The Morgan fingerprint density at radius 2 is 1.88 bits per heavy atom. The van der Waals surface area contributed by atoms with Crippen LogP contribution in [0.2, 0.25) is 0 Å². The van der Waals surface area contributed by atoms with E-state index in [0.717, 1.165) is 38.1 Å². The molecule has 0 aliphatic rings. The SMILES string of the molecule is COCCCCCNCc1ccc(F)cc1. The minimum absolute atomic E-state index is 0.177. The van der Waals surface area contributed by atoms with Crippen molar-refractivity contribution in [3.63, 3.8) is 0 Å². The summed E-state index contributed by atoms with van der Waals surface area (Å²) >= 11 is 0. The largest absolute Gasteiger partial charge is 0.385 e. The second-order valence-corrected chi connectivity index (χ2v) is 3.86. The number of halogens is 1. The highest BCUT2D eigenvalue weighted by Crippen LogP contribution is 2.02. The minimum atomic E-state index is -0.177. The van der Waals surface area contributed by atoms with Crippen LogP contribution < -0.4 is 5.32 Å². The molecule has 3 heteroatoms. The maximum atomic E-state index is 12.6. The molecule has 0 unspecified atom stereocenters. The van der Waals surface area contributed by atoms with Crippen molar-refractivity contribution in [2.24, 2.45) is 0 Å². The maximum absolute atomic E-state index is 12.6. The van der Waals surface area contributed by atoms with E-state index < -0.39 is 0 Å². The van der Waals surface area contributed by atoms with Gasteiger partial charge in [-0.1, -0.05) is 12.1 Å². The van der Waals surface area contributed by atoms with E-state index in [2.05, 4.69) is 5.32 Å². The van der Waals surface area contributed by atoms with Crippen LogP contribution >= 0.6 is 0 Å². The summed E-state index contributed by atoms with van der Waals surface area (Å²) in [5.74, 6) is -0.177. The summed E-state index contributed by atoms with van der Waals surface area (Å²) in [5, 5.41) is 3.33. The number of nitrogens with one attached hydrogen (secondary N) is 1. The average molecular weight is 225 g/mol. The zero-order valence-corrected chi connectivity index (χ0v) is 9.84. The van der Waals surface area contributed by atoms with E-state index in [0.29, 0.717) is 0 Å². The first-order chi connectivity index (χ1) is 7.83. The number of rotatable bonds is 8. The van der Waals surface area contributed by atoms with Crippen LogP contribution in [0.3, 0.4) is 0 Å². The fourth-order valence-electron chi connectivity index (χ4n) is 1.51. The minimum Gasteiger partial charge on any atom is -0.385 e. The van der Waals surface area contributed by atoms with E-state index in [1.165, 1.54) is 18.6 Å². The fraction of sp³-hybridized carbons (Fsp3) is 0.538. The predicted molar refractivity (Wildman–Crippen MR) is 63.8 cm³/mol. The molecule has 0 spiro atoms. The van der Waals surface area contributed by atoms with E-state index in [-0.39, 0.29) is 5.82 Å². The number of methoxy groups -OCH3 is 1. The first kappa shape index (κ1) is 13.1. The van der Waals surface area contributed by atoms with Gasteiger partial charge in [-0.2, -0.15) is 0 Å². The Hall–Kier alpha value is -0.930. The molecule has 0 saturated carbocycles. The lowest BCUT2D eigenvalue weighted by atomic mass is 10.2. The molecule has 0 saturated heterocycles. The van der Waals surface area contributed by atoms with Crippen LogP contribution in [0.25, 0.3) is 0 Å². The second-order valence-electron chi connectivity index (χ2n) is 3.86. The van der Waals surface area contributed by atoms with Gasteiger partial charge in [-0.15, -0.1) is 0 Å². The monoisotopic (exact) mass is 225 g/mol. The fourth-order valence-corrected chi connectivity index (χ4v) is 1.51. The molecule has 0 aliphatic heterocycles. The van der Waals surface area contributed by atoms with Crippen LogP contribution in [0.1, 0.15) is 24.8 Å². The van der Waals surface area contributed by atoms with Gasteiger partial charge in [0.05, 0.1) is 0 Å². The van der Waals surface area contributed by atoms with Gasteiger partial charge in [-0.05, 0) is 43.5 Å². The zero-order valence-electron chi connectivity index (χ0n) is 9.84. The average Bonchev–Trinajstić information content (AvgIpc) is 2.30. The van der Waals surface area contributed by atoms with E-state index in [9.17, 15) is 4.39 Å². The zero-order chi connectivity index (χ0) is 11.6. The maximum Gasteiger partial charge on any atom is 0.123 e. The Labute approximate surface area is 96.8 Å². The van der Waals surface area contributed by atoms with E-state index >= 15 is 0 Å². The molecular formula is C13H20FNO. The number of hydrogen-bond donors (Lipinski definition) is 1. The van der Waals surface area contributed by atoms with Crippen molar-refractivity contribution in [2.45, 2.75) is 25.8 Å². The molecule has 0 atom stereocenters. The van der Waals surface area contributed by atoms with Gasteiger partial charge in [0.2, 0.25) is 0 Å². The van der Waals surface area contributed by atoms with Crippen LogP contribution in [0.4, 0.5) is 4.39 Å². The van der Waals surface area contributed by atoms with Crippen LogP contribution in [-0.2, 0) is 11.3 Å². The lowest BCUT2D eigenvalue weighted by molar-refractivity contribution is 0.192. The molecule has 0 aliphatic carbocycles. The summed E-state index contributed by atoms with van der Waals surface area (Å²) in [6.07, 6.45) is 3.46. The smallest absolute Gasteiger partial charge is 0.123 e. The molecular weight excluding hydrogens is 205 g/mol. The molecule has 0 bridgehead atoms. The Morgan fingerprint density at radius 1 is 1.12 bits per heavy atom. The molecule has 0 aromatic heterocycles. The normalized spacial score (nSPS) is 10.6. The highest BCUT2D eigenvalue weighted by atomic mass is 19.1. The van der Waals surface area contributed by atoms with Crippen molar-refractivity contribution in [1.82, 2.24) is 5.32 Å². The predicted octanol–water partition coefficient (Wildman–Crippen LogP) is 2.73. The van der Waals surface area contributed by atoms with Gasteiger partial charge in [0.25, 0.3) is 0 Å². The van der Waals surface area contributed by atoms with Crippen molar-refractivity contribution < 1.29 is 9.13 Å². The van der Waals surface area contributed by atoms with Crippen LogP contribution in [0.15, 0.2) is 24.3 Å². The van der Waals surface area contributed by atoms with E-state index in [4.69, 9.17) is 4.74 Å². The summed E-state index contributed by atoms with van der Waals surface area (Å²) in [6, 6.07) is 6.62. The second kappa shape index (κ2) is 8.25. The topological polar surface area (TPSA) is 21.3 Å². The van der Waals surface area contributed by atoms with Gasteiger partial charge >= 0.3 is 0 Å².